The van der Waals surface area contributed by atoms with Crippen molar-refractivity contribution in [3.05, 3.63) is 65.9 Å². The number of hydrogen-bond acceptors (Lipinski definition) is 3. The van der Waals surface area contributed by atoms with Crippen LogP contribution in [0.25, 0.3) is 11.0 Å². The number of ether oxygens (including phenoxy) is 1. The van der Waals surface area contributed by atoms with Gasteiger partial charge in [-0.25, -0.2) is 0 Å². The normalized spacial score (nSPS) is 13.7. The van der Waals surface area contributed by atoms with Crippen LogP contribution in [-0.2, 0) is 12.8 Å². The number of para-hydroxylation sites is 1. The molecule has 132 valence electrons. The van der Waals surface area contributed by atoms with Crippen molar-refractivity contribution in [2.75, 3.05) is 0 Å². The fraction of sp³-hybridized carbons (Fsp3) is 0.364. The Morgan fingerprint density at radius 1 is 1.04 bits per heavy atom. The zero-order valence-corrected chi connectivity index (χ0v) is 15.1. The standard InChI is InChI=1S/C22H27NO2/c1-16(23)15-21-18(11-12-22-20(21)13-14-24-22)8-6-7-17(2)25-19-9-4-3-5-10-19/h3-5,9-14,16-17H,6-8,15,23H2,1-2H3. The molecule has 1 heterocycles. The summed E-state index contributed by atoms with van der Waals surface area (Å²) in [7, 11) is 0. The summed E-state index contributed by atoms with van der Waals surface area (Å²) in [5.41, 5.74) is 9.71. The minimum absolute atomic E-state index is 0.139. The summed E-state index contributed by atoms with van der Waals surface area (Å²) >= 11 is 0. The fourth-order valence-corrected chi connectivity index (χ4v) is 3.32. The number of benzene rings is 2. The van der Waals surface area contributed by atoms with Gasteiger partial charge in [-0.1, -0.05) is 24.3 Å². The SMILES string of the molecule is CC(N)Cc1c(CCCC(C)Oc2ccccc2)ccc2occc12. The Hall–Kier alpha value is -2.26. The first-order valence-corrected chi connectivity index (χ1v) is 9.08. The van der Waals surface area contributed by atoms with Gasteiger partial charge in [0.1, 0.15) is 11.3 Å². The van der Waals surface area contributed by atoms with Crippen LogP contribution in [-0.4, -0.2) is 12.1 Å². The van der Waals surface area contributed by atoms with E-state index < -0.39 is 0 Å². The molecule has 0 spiro atoms. The van der Waals surface area contributed by atoms with Gasteiger partial charge in [0.25, 0.3) is 0 Å². The number of aryl methyl sites for hydroxylation is 1. The molecule has 0 bridgehead atoms. The van der Waals surface area contributed by atoms with Crippen molar-refractivity contribution in [3.8, 4) is 5.75 Å². The average Bonchev–Trinajstić information content (AvgIpc) is 3.06. The van der Waals surface area contributed by atoms with Crippen LogP contribution in [0.3, 0.4) is 0 Å². The molecule has 0 aliphatic carbocycles. The number of nitrogens with two attached hydrogens (primary N) is 1. The predicted octanol–water partition coefficient (Wildman–Crippen LogP) is 5.11. The molecule has 0 aliphatic rings. The van der Waals surface area contributed by atoms with Crippen LogP contribution in [0.4, 0.5) is 0 Å². The van der Waals surface area contributed by atoms with Gasteiger partial charge in [0.15, 0.2) is 0 Å². The van der Waals surface area contributed by atoms with E-state index in [4.69, 9.17) is 14.9 Å². The van der Waals surface area contributed by atoms with Crippen LogP contribution >= 0.6 is 0 Å². The van der Waals surface area contributed by atoms with Crippen LogP contribution in [0.1, 0.15) is 37.8 Å². The summed E-state index contributed by atoms with van der Waals surface area (Å²) in [6.45, 7) is 4.19. The quantitative estimate of drug-likeness (QED) is 0.621. The maximum atomic E-state index is 6.07. The Kier molecular flexibility index (Phi) is 5.77. The zero-order valence-electron chi connectivity index (χ0n) is 15.1. The summed E-state index contributed by atoms with van der Waals surface area (Å²) in [5.74, 6) is 0.937. The van der Waals surface area contributed by atoms with E-state index in [9.17, 15) is 0 Å². The molecule has 3 rings (SSSR count). The van der Waals surface area contributed by atoms with Gasteiger partial charge in [0.2, 0.25) is 0 Å². The molecule has 0 saturated heterocycles. The third kappa shape index (κ3) is 4.64. The highest BCUT2D eigenvalue weighted by Gasteiger charge is 2.12. The summed E-state index contributed by atoms with van der Waals surface area (Å²) in [4.78, 5) is 0. The average molecular weight is 337 g/mol. The van der Waals surface area contributed by atoms with Crippen molar-refractivity contribution >= 4 is 11.0 Å². The lowest BCUT2D eigenvalue weighted by atomic mass is 9.94. The number of hydrogen-bond donors (Lipinski definition) is 1. The van der Waals surface area contributed by atoms with E-state index in [0.29, 0.717) is 0 Å². The number of rotatable bonds is 8. The molecule has 25 heavy (non-hydrogen) atoms. The minimum Gasteiger partial charge on any atom is -0.491 e. The molecule has 3 nitrogen and oxygen atoms in total. The fourth-order valence-electron chi connectivity index (χ4n) is 3.32. The molecule has 1 aromatic heterocycles. The van der Waals surface area contributed by atoms with Crippen molar-refractivity contribution in [2.45, 2.75) is 51.7 Å². The van der Waals surface area contributed by atoms with Crippen LogP contribution < -0.4 is 10.5 Å². The van der Waals surface area contributed by atoms with Crippen molar-refractivity contribution in [1.29, 1.82) is 0 Å². The van der Waals surface area contributed by atoms with E-state index in [0.717, 1.165) is 37.0 Å². The molecule has 0 saturated carbocycles. The number of fused-ring (bicyclic) bond motifs is 1. The molecule has 0 amide bonds. The maximum absolute atomic E-state index is 6.07. The Morgan fingerprint density at radius 3 is 2.60 bits per heavy atom. The second-order valence-corrected chi connectivity index (χ2v) is 6.85. The van der Waals surface area contributed by atoms with Crippen LogP contribution in [0.15, 0.2) is 59.2 Å². The first-order valence-electron chi connectivity index (χ1n) is 9.08. The van der Waals surface area contributed by atoms with Crippen LogP contribution in [0, 0.1) is 0 Å². The number of furan rings is 1. The highest BCUT2D eigenvalue weighted by atomic mass is 16.5. The van der Waals surface area contributed by atoms with Gasteiger partial charge >= 0.3 is 0 Å². The van der Waals surface area contributed by atoms with Gasteiger partial charge in [-0.3, -0.25) is 0 Å². The van der Waals surface area contributed by atoms with Gasteiger partial charge in [0, 0.05) is 11.4 Å². The minimum atomic E-state index is 0.139. The molecular weight excluding hydrogens is 310 g/mol. The first-order chi connectivity index (χ1) is 12.1. The van der Waals surface area contributed by atoms with Crippen molar-refractivity contribution in [2.24, 2.45) is 5.73 Å². The molecule has 2 aromatic carbocycles. The van der Waals surface area contributed by atoms with Gasteiger partial charge in [-0.2, -0.15) is 0 Å². The van der Waals surface area contributed by atoms with E-state index in [-0.39, 0.29) is 12.1 Å². The van der Waals surface area contributed by atoms with Gasteiger partial charge in [-0.15, -0.1) is 0 Å². The third-order valence-electron chi connectivity index (χ3n) is 4.51. The van der Waals surface area contributed by atoms with Crippen molar-refractivity contribution < 1.29 is 9.15 Å². The largest absolute Gasteiger partial charge is 0.491 e. The molecular formula is C22H27NO2. The summed E-state index contributed by atoms with van der Waals surface area (Å²) < 4.78 is 11.5. The van der Waals surface area contributed by atoms with Gasteiger partial charge in [0.05, 0.1) is 12.4 Å². The van der Waals surface area contributed by atoms with E-state index in [1.165, 1.54) is 16.5 Å². The molecule has 3 heteroatoms. The summed E-state index contributed by atoms with van der Waals surface area (Å²) in [5, 5.41) is 1.20. The second-order valence-electron chi connectivity index (χ2n) is 6.85. The van der Waals surface area contributed by atoms with Crippen LogP contribution in [0.2, 0.25) is 0 Å². The molecule has 0 aliphatic heterocycles. The van der Waals surface area contributed by atoms with E-state index in [1.54, 1.807) is 6.26 Å². The highest BCUT2D eigenvalue weighted by molar-refractivity contribution is 5.82. The smallest absolute Gasteiger partial charge is 0.134 e. The Labute approximate surface area is 149 Å². The second kappa shape index (κ2) is 8.21. The third-order valence-corrected chi connectivity index (χ3v) is 4.51. The molecule has 2 unspecified atom stereocenters. The van der Waals surface area contributed by atoms with E-state index in [2.05, 4.69) is 32.0 Å². The lowest BCUT2D eigenvalue weighted by Crippen LogP contribution is -2.19. The zero-order chi connectivity index (χ0) is 17.6. The summed E-state index contributed by atoms with van der Waals surface area (Å²) in [6.07, 6.45) is 5.99. The molecule has 0 fully saturated rings. The van der Waals surface area contributed by atoms with E-state index >= 15 is 0 Å². The van der Waals surface area contributed by atoms with Crippen LogP contribution in [0.5, 0.6) is 5.75 Å². The molecule has 2 atom stereocenters. The monoisotopic (exact) mass is 337 g/mol. The summed E-state index contributed by atoms with van der Waals surface area (Å²) in [6, 6.07) is 16.5. The Balaban J connectivity index is 1.62. The lowest BCUT2D eigenvalue weighted by Gasteiger charge is -2.16. The predicted molar refractivity (Wildman–Crippen MR) is 103 cm³/mol. The molecule has 2 N–H and O–H groups in total. The topological polar surface area (TPSA) is 48.4 Å². The van der Waals surface area contributed by atoms with Gasteiger partial charge < -0.3 is 14.9 Å². The molecule has 0 radical (unpaired) electrons. The van der Waals surface area contributed by atoms with E-state index in [1.807, 2.05) is 30.3 Å². The van der Waals surface area contributed by atoms with Crippen molar-refractivity contribution in [1.82, 2.24) is 0 Å². The maximum Gasteiger partial charge on any atom is 0.134 e. The Bertz CT molecular complexity index is 792. The first kappa shape index (κ1) is 17.6. The highest BCUT2D eigenvalue weighted by Crippen LogP contribution is 2.26. The lowest BCUT2D eigenvalue weighted by molar-refractivity contribution is 0.208. The Morgan fingerprint density at radius 2 is 1.84 bits per heavy atom. The van der Waals surface area contributed by atoms with Crippen molar-refractivity contribution in [3.63, 3.8) is 0 Å². The molecule has 3 aromatic rings. The van der Waals surface area contributed by atoms with Gasteiger partial charge in [-0.05, 0) is 74.9 Å².